The number of benzene rings is 1. The lowest BCUT2D eigenvalue weighted by Gasteiger charge is -2.25. The first-order valence-electron chi connectivity index (χ1n) is 4.76. The van der Waals surface area contributed by atoms with Crippen LogP contribution in [0.3, 0.4) is 0 Å². The molecule has 0 aliphatic rings. The molecule has 3 nitrogen and oxygen atoms in total. The molecule has 0 spiro atoms. The van der Waals surface area contributed by atoms with Crippen molar-refractivity contribution in [2.75, 3.05) is 5.75 Å². The molecule has 0 radical (unpaired) electrons. The van der Waals surface area contributed by atoms with Crippen molar-refractivity contribution in [3.63, 3.8) is 0 Å². The van der Waals surface area contributed by atoms with Gasteiger partial charge in [0.05, 0.1) is 5.75 Å². The van der Waals surface area contributed by atoms with E-state index in [1.807, 2.05) is 0 Å². The van der Waals surface area contributed by atoms with Gasteiger partial charge in [-0.2, -0.15) is 0 Å². The van der Waals surface area contributed by atoms with Crippen LogP contribution in [0.15, 0.2) is 28.7 Å². The van der Waals surface area contributed by atoms with E-state index in [1.165, 1.54) is 6.92 Å². The Kier molecular flexibility index (Phi) is 5.29. The van der Waals surface area contributed by atoms with Crippen LogP contribution < -0.4 is 0 Å². The summed E-state index contributed by atoms with van der Waals surface area (Å²) >= 11 is 10.8. The van der Waals surface area contributed by atoms with E-state index in [9.17, 15) is 13.5 Å². The van der Waals surface area contributed by atoms with Gasteiger partial charge in [-0.1, -0.05) is 46.6 Å². The Balaban J connectivity index is 3.12. The van der Waals surface area contributed by atoms with E-state index in [4.69, 9.17) is 11.6 Å². The third-order valence-electron chi connectivity index (χ3n) is 2.30. The van der Waals surface area contributed by atoms with Crippen LogP contribution in [0.25, 0.3) is 0 Å². The highest BCUT2D eigenvalue weighted by Gasteiger charge is 2.45. The molecule has 1 N–H and O–H groups in total. The Bertz CT molecular complexity index is 487. The molecule has 0 fully saturated rings. The molecule has 7 heteroatoms. The van der Waals surface area contributed by atoms with Crippen molar-refractivity contribution in [3.8, 4) is 0 Å². The Morgan fingerprint density at radius 2 is 1.94 bits per heavy atom. The molecule has 0 saturated carbocycles. The minimum Gasteiger partial charge on any atom is -0.385 e. The van der Waals surface area contributed by atoms with Crippen LogP contribution in [-0.2, 0) is 9.84 Å². The molecule has 1 aromatic rings. The predicted octanol–water partition coefficient (Wildman–Crippen LogP) is 3.24. The van der Waals surface area contributed by atoms with Gasteiger partial charge in [-0.05, 0) is 40.3 Å². The Hall–Kier alpha value is 0.630. The molecule has 1 aromatic carbocycles. The van der Waals surface area contributed by atoms with Gasteiger partial charge in [0.1, 0.15) is 6.10 Å². The molecule has 0 aliphatic heterocycles. The van der Waals surface area contributed by atoms with Crippen molar-refractivity contribution in [2.24, 2.45) is 0 Å². The first-order valence-corrected chi connectivity index (χ1v) is 8.66. The summed E-state index contributed by atoms with van der Waals surface area (Å²) in [6.07, 6.45) is -1.28. The van der Waals surface area contributed by atoms with Gasteiger partial charge < -0.3 is 5.11 Å². The number of rotatable bonds is 4. The fourth-order valence-electron chi connectivity index (χ4n) is 1.20. The van der Waals surface area contributed by atoms with Crippen molar-refractivity contribution in [1.29, 1.82) is 0 Å². The number of aliphatic hydroxyl groups excluding tert-OH is 1. The van der Waals surface area contributed by atoms with E-state index >= 15 is 0 Å². The maximum absolute atomic E-state index is 11.8. The molecule has 0 aromatic heterocycles. The zero-order chi connectivity index (χ0) is 13.3. The summed E-state index contributed by atoms with van der Waals surface area (Å²) in [6, 6.07) is 6.72. The first-order chi connectivity index (χ1) is 7.72. The fourth-order valence-corrected chi connectivity index (χ4v) is 4.07. The van der Waals surface area contributed by atoms with Crippen molar-refractivity contribution in [2.45, 2.75) is 15.2 Å². The van der Waals surface area contributed by atoms with Crippen LogP contribution in [0.4, 0.5) is 0 Å². The lowest BCUT2D eigenvalue weighted by atomic mass is 10.1. The summed E-state index contributed by atoms with van der Waals surface area (Å²) in [4.78, 5) is 0. The summed E-state index contributed by atoms with van der Waals surface area (Å²) in [5, 5.41) is 10.1. The van der Waals surface area contributed by atoms with E-state index in [0.29, 0.717) is 5.56 Å². The van der Waals surface area contributed by atoms with E-state index in [2.05, 4.69) is 15.9 Å². The lowest BCUT2D eigenvalue weighted by molar-refractivity contribution is 0.187. The fraction of sp³-hybridized carbons (Fsp3) is 0.400. The molecule has 1 rings (SSSR count). The normalized spacial score (nSPS) is 17.5. The predicted molar refractivity (Wildman–Crippen MR) is 81.2 cm³/mol. The van der Waals surface area contributed by atoms with Crippen molar-refractivity contribution < 1.29 is 13.5 Å². The zero-order valence-corrected chi connectivity index (χ0v) is 14.2. The standard InChI is InChI=1S/C10H11BrClIO3S/c1-2-17(15,16)10(12,13)9(14)7-3-5-8(11)6-4-7/h3-6,9,14H,2H2,1H3/t9-,10+/m1/s1. The molecule has 2 atom stereocenters. The van der Waals surface area contributed by atoms with Crippen molar-refractivity contribution in [3.05, 3.63) is 34.3 Å². The Morgan fingerprint density at radius 1 is 1.47 bits per heavy atom. The number of sulfone groups is 1. The maximum atomic E-state index is 11.8. The third kappa shape index (κ3) is 3.34. The summed E-state index contributed by atoms with van der Waals surface area (Å²) in [5.41, 5.74) is 0.467. The quantitative estimate of drug-likeness (QED) is 0.563. The highest BCUT2D eigenvalue weighted by molar-refractivity contribution is 14.1. The number of halogens is 3. The molecule has 0 saturated heterocycles. The van der Waals surface area contributed by atoms with Gasteiger partial charge in [0, 0.05) is 4.47 Å². The van der Waals surface area contributed by atoms with E-state index in [1.54, 1.807) is 46.9 Å². The summed E-state index contributed by atoms with van der Waals surface area (Å²) in [7, 11) is -3.56. The number of alkyl halides is 2. The zero-order valence-electron chi connectivity index (χ0n) is 8.90. The maximum Gasteiger partial charge on any atom is 0.225 e. The van der Waals surface area contributed by atoms with Gasteiger partial charge in [0.25, 0.3) is 0 Å². The molecule has 0 heterocycles. The molecular formula is C10H11BrClIO3S. The summed E-state index contributed by atoms with van der Waals surface area (Å²) in [6.45, 7) is 1.50. The van der Waals surface area contributed by atoms with Gasteiger partial charge in [-0.3, -0.25) is 0 Å². The van der Waals surface area contributed by atoms with Crippen LogP contribution in [0, 0.1) is 0 Å². The van der Waals surface area contributed by atoms with E-state index < -0.39 is 18.2 Å². The smallest absolute Gasteiger partial charge is 0.225 e. The summed E-state index contributed by atoms with van der Waals surface area (Å²) < 4.78 is 22.7. The Morgan fingerprint density at radius 3 is 2.35 bits per heavy atom. The molecule has 0 amide bonds. The van der Waals surface area contributed by atoms with Gasteiger partial charge in [0.2, 0.25) is 2.21 Å². The first kappa shape index (κ1) is 15.7. The van der Waals surface area contributed by atoms with Gasteiger partial charge in [0.15, 0.2) is 9.84 Å². The van der Waals surface area contributed by atoms with Crippen molar-refractivity contribution >= 4 is 60.0 Å². The third-order valence-corrected chi connectivity index (χ3v) is 8.15. The van der Waals surface area contributed by atoms with Crippen LogP contribution in [0.5, 0.6) is 0 Å². The highest BCUT2D eigenvalue weighted by atomic mass is 127. The molecule has 0 aliphatic carbocycles. The number of hydrogen-bond acceptors (Lipinski definition) is 3. The van der Waals surface area contributed by atoms with Gasteiger partial charge in [-0.15, -0.1) is 0 Å². The second-order valence-electron chi connectivity index (χ2n) is 3.42. The van der Waals surface area contributed by atoms with E-state index in [-0.39, 0.29) is 5.75 Å². The van der Waals surface area contributed by atoms with Crippen molar-refractivity contribution in [1.82, 2.24) is 0 Å². The minimum atomic E-state index is -3.56. The molecule has 0 bridgehead atoms. The molecule has 17 heavy (non-hydrogen) atoms. The van der Waals surface area contributed by atoms with Crippen LogP contribution in [-0.4, -0.2) is 21.5 Å². The SMILES string of the molecule is CCS(=O)(=O)[C@@](Cl)(I)[C@H](O)c1ccc(Br)cc1. The highest BCUT2D eigenvalue weighted by Crippen LogP contribution is 2.43. The van der Waals surface area contributed by atoms with Crippen LogP contribution >= 0.6 is 50.1 Å². The van der Waals surface area contributed by atoms with Gasteiger partial charge >= 0.3 is 0 Å². The average Bonchev–Trinajstić information content (AvgIpc) is 2.28. The lowest BCUT2D eigenvalue weighted by Crippen LogP contribution is -2.34. The monoisotopic (exact) mass is 452 g/mol. The molecule has 96 valence electrons. The minimum absolute atomic E-state index is 0.118. The van der Waals surface area contributed by atoms with Crippen LogP contribution in [0.2, 0.25) is 0 Å². The second kappa shape index (κ2) is 5.73. The largest absolute Gasteiger partial charge is 0.385 e. The molecular weight excluding hydrogens is 442 g/mol. The second-order valence-corrected chi connectivity index (χ2v) is 10.7. The Labute approximate surface area is 128 Å². The van der Waals surface area contributed by atoms with Gasteiger partial charge in [-0.25, -0.2) is 8.42 Å². The average molecular weight is 454 g/mol. The molecule has 0 unspecified atom stereocenters. The number of aliphatic hydroxyl groups is 1. The number of hydrogen-bond donors (Lipinski definition) is 1. The van der Waals surface area contributed by atoms with E-state index in [0.717, 1.165) is 4.47 Å². The topological polar surface area (TPSA) is 54.4 Å². The van der Waals surface area contributed by atoms with Crippen LogP contribution in [0.1, 0.15) is 18.6 Å². The summed E-state index contributed by atoms with van der Waals surface area (Å²) in [5.74, 6) is -0.118.